The van der Waals surface area contributed by atoms with Crippen LogP contribution < -0.4 is 0 Å². The fourth-order valence-electron chi connectivity index (χ4n) is 3.50. The van der Waals surface area contributed by atoms with E-state index in [1.54, 1.807) is 4.31 Å². The van der Waals surface area contributed by atoms with Crippen LogP contribution in [0.4, 0.5) is 0 Å². The zero-order valence-electron chi connectivity index (χ0n) is 13.2. The molecule has 8 heteroatoms. The van der Waals surface area contributed by atoms with Gasteiger partial charge in [0.25, 0.3) is 0 Å². The highest BCUT2D eigenvalue weighted by Crippen LogP contribution is 2.30. The summed E-state index contributed by atoms with van der Waals surface area (Å²) in [5, 5.41) is 7.23. The molecule has 22 heavy (non-hydrogen) atoms. The van der Waals surface area contributed by atoms with Gasteiger partial charge in [0.05, 0.1) is 37.4 Å². The van der Waals surface area contributed by atoms with E-state index in [-0.39, 0.29) is 6.04 Å². The zero-order valence-corrected chi connectivity index (χ0v) is 14.0. The lowest BCUT2D eigenvalue weighted by Gasteiger charge is -2.43. The third kappa shape index (κ3) is 3.19. The molecule has 7 nitrogen and oxygen atoms in total. The molecule has 2 saturated heterocycles. The second kappa shape index (κ2) is 6.27. The predicted octanol–water partition coefficient (Wildman–Crippen LogP) is 0.515. The van der Waals surface area contributed by atoms with E-state index in [4.69, 9.17) is 4.74 Å². The maximum absolute atomic E-state index is 11.6. The molecule has 2 fully saturated rings. The van der Waals surface area contributed by atoms with Gasteiger partial charge < -0.3 is 4.74 Å². The number of nitrogens with zero attached hydrogens (tertiary/aromatic N) is 3. The summed E-state index contributed by atoms with van der Waals surface area (Å²) in [6, 6.07) is 0.584. The van der Waals surface area contributed by atoms with E-state index in [1.165, 1.54) is 6.26 Å². The first-order chi connectivity index (χ1) is 10.5. The molecule has 2 aliphatic heterocycles. The van der Waals surface area contributed by atoms with Gasteiger partial charge in [0.15, 0.2) is 0 Å². The smallest absolute Gasteiger partial charge is 0.211 e. The minimum Gasteiger partial charge on any atom is -0.378 e. The lowest BCUT2D eigenvalue weighted by atomic mass is 9.99. The van der Waals surface area contributed by atoms with Crippen LogP contribution in [0.2, 0.25) is 0 Å². The molecule has 0 radical (unpaired) electrons. The molecule has 1 N–H and O–H groups in total. The van der Waals surface area contributed by atoms with Crippen molar-refractivity contribution in [2.45, 2.75) is 31.8 Å². The van der Waals surface area contributed by atoms with Crippen molar-refractivity contribution in [2.24, 2.45) is 0 Å². The highest BCUT2D eigenvalue weighted by molar-refractivity contribution is 7.88. The maximum Gasteiger partial charge on any atom is 0.211 e. The standard InChI is InChI=1S/C14H24N4O3S/c1-11-9-15-16-14(11)13-10-21-8-7-18(13)12-3-5-17(6-4-12)22(2,19)20/h9,12-13H,3-8,10H2,1-2H3,(H,15,16)/t13-/m1/s1. The minimum atomic E-state index is -3.07. The highest BCUT2D eigenvalue weighted by Gasteiger charge is 2.35. The average Bonchev–Trinajstić information content (AvgIpc) is 2.92. The number of hydrogen-bond acceptors (Lipinski definition) is 5. The monoisotopic (exact) mass is 328 g/mol. The molecule has 124 valence electrons. The number of nitrogens with one attached hydrogen (secondary N) is 1. The van der Waals surface area contributed by atoms with E-state index in [0.717, 1.165) is 37.3 Å². The van der Waals surface area contributed by atoms with Crippen LogP contribution >= 0.6 is 0 Å². The number of ether oxygens (including phenoxy) is 1. The van der Waals surface area contributed by atoms with Crippen molar-refractivity contribution in [3.8, 4) is 0 Å². The third-order valence-corrected chi connectivity index (χ3v) is 6.04. The Morgan fingerprint density at radius 1 is 1.32 bits per heavy atom. The molecule has 0 unspecified atom stereocenters. The van der Waals surface area contributed by atoms with Crippen molar-refractivity contribution in [3.05, 3.63) is 17.5 Å². The topological polar surface area (TPSA) is 78.5 Å². The quantitative estimate of drug-likeness (QED) is 0.875. The summed E-state index contributed by atoms with van der Waals surface area (Å²) in [6.45, 7) is 5.54. The van der Waals surface area contributed by atoms with Gasteiger partial charge in [0.1, 0.15) is 0 Å². The molecule has 0 bridgehead atoms. The SMILES string of the molecule is Cc1cn[nH]c1[C@H]1COCCN1C1CCN(S(C)(=O)=O)CC1. The van der Waals surface area contributed by atoms with Crippen molar-refractivity contribution < 1.29 is 13.2 Å². The number of H-pyrrole nitrogens is 1. The Morgan fingerprint density at radius 2 is 2.05 bits per heavy atom. The normalized spacial score (nSPS) is 26.4. The highest BCUT2D eigenvalue weighted by atomic mass is 32.2. The van der Waals surface area contributed by atoms with Gasteiger partial charge in [-0.25, -0.2) is 12.7 Å². The van der Waals surface area contributed by atoms with Gasteiger partial charge in [-0.15, -0.1) is 0 Å². The number of aromatic amines is 1. The van der Waals surface area contributed by atoms with Crippen molar-refractivity contribution in [1.29, 1.82) is 0 Å². The van der Waals surface area contributed by atoms with Gasteiger partial charge in [0.2, 0.25) is 10.0 Å². The number of aryl methyl sites for hydroxylation is 1. The minimum absolute atomic E-state index is 0.186. The zero-order chi connectivity index (χ0) is 15.7. The Labute approximate surface area is 131 Å². The van der Waals surface area contributed by atoms with E-state index in [9.17, 15) is 8.42 Å². The Bertz CT molecular complexity index is 607. The Hall–Kier alpha value is -0.960. The number of sulfonamides is 1. The van der Waals surface area contributed by atoms with Gasteiger partial charge in [-0.05, 0) is 25.3 Å². The second-order valence-electron chi connectivity index (χ2n) is 6.19. The molecule has 0 saturated carbocycles. The van der Waals surface area contributed by atoms with Crippen LogP contribution in [0, 0.1) is 6.92 Å². The first-order valence-electron chi connectivity index (χ1n) is 7.75. The number of hydrogen-bond donors (Lipinski definition) is 1. The average molecular weight is 328 g/mol. The van der Waals surface area contributed by atoms with Crippen LogP contribution in [-0.4, -0.2) is 73.0 Å². The molecule has 3 rings (SSSR count). The summed E-state index contributed by atoms with van der Waals surface area (Å²) >= 11 is 0. The van der Waals surface area contributed by atoms with Crippen molar-refractivity contribution in [3.63, 3.8) is 0 Å². The number of morpholine rings is 1. The third-order valence-electron chi connectivity index (χ3n) is 4.73. The van der Waals surface area contributed by atoms with Gasteiger partial charge in [-0.3, -0.25) is 10.00 Å². The van der Waals surface area contributed by atoms with Gasteiger partial charge >= 0.3 is 0 Å². The van der Waals surface area contributed by atoms with Crippen molar-refractivity contribution >= 4 is 10.0 Å². The van der Waals surface area contributed by atoms with Crippen molar-refractivity contribution in [2.75, 3.05) is 39.1 Å². The number of rotatable bonds is 3. The van der Waals surface area contributed by atoms with Gasteiger partial charge in [-0.1, -0.05) is 0 Å². The summed E-state index contributed by atoms with van der Waals surface area (Å²) in [4.78, 5) is 2.46. The van der Waals surface area contributed by atoms with E-state index in [2.05, 4.69) is 22.0 Å². The first kappa shape index (κ1) is 15.9. The maximum atomic E-state index is 11.6. The van der Waals surface area contributed by atoms with Gasteiger partial charge in [-0.2, -0.15) is 5.10 Å². The summed E-state index contributed by atoms with van der Waals surface area (Å²) in [5.41, 5.74) is 2.26. The summed E-state index contributed by atoms with van der Waals surface area (Å²) in [6.07, 6.45) is 4.88. The molecular weight excluding hydrogens is 304 g/mol. The summed E-state index contributed by atoms with van der Waals surface area (Å²) in [7, 11) is -3.07. The number of aromatic nitrogens is 2. The Balaban J connectivity index is 1.72. The van der Waals surface area contributed by atoms with Crippen molar-refractivity contribution in [1.82, 2.24) is 19.4 Å². The van der Waals surface area contributed by atoms with Crippen LogP contribution in [0.3, 0.4) is 0 Å². The fourth-order valence-corrected chi connectivity index (χ4v) is 4.38. The molecule has 0 spiro atoms. The summed E-state index contributed by atoms with van der Waals surface area (Å²) < 4.78 is 30.5. The molecule has 1 aromatic heterocycles. The van der Waals surface area contributed by atoms with E-state index < -0.39 is 10.0 Å². The van der Waals surface area contributed by atoms with Gasteiger partial charge in [0, 0.05) is 25.7 Å². The van der Waals surface area contributed by atoms with Crippen LogP contribution in [0.5, 0.6) is 0 Å². The first-order valence-corrected chi connectivity index (χ1v) is 9.60. The fraction of sp³-hybridized carbons (Fsp3) is 0.786. The lowest BCUT2D eigenvalue weighted by Crippen LogP contribution is -2.51. The van der Waals surface area contributed by atoms with Crippen LogP contribution in [0.1, 0.15) is 30.1 Å². The molecular formula is C14H24N4O3S. The molecule has 3 heterocycles. The van der Waals surface area contributed by atoms with Crippen LogP contribution in [0.25, 0.3) is 0 Å². The Morgan fingerprint density at radius 3 is 2.64 bits per heavy atom. The summed E-state index contributed by atoms with van der Waals surface area (Å²) in [5.74, 6) is 0. The van der Waals surface area contributed by atoms with Crippen LogP contribution in [0.15, 0.2) is 6.20 Å². The lowest BCUT2D eigenvalue weighted by molar-refractivity contribution is -0.0407. The molecule has 0 amide bonds. The van der Waals surface area contributed by atoms with E-state index >= 15 is 0 Å². The molecule has 2 aliphatic rings. The second-order valence-corrected chi connectivity index (χ2v) is 8.17. The van der Waals surface area contributed by atoms with Crippen LogP contribution in [-0.2, 0) is 14.8 Å². The largest absolute Gasteiger partial charge is 0.378 e. The van der Waals surface area contributed by atoms with E-state index in [0.29, 0.717) is 25.7 Å². The van der Waals surface area contributed by atoms with E-state index in [1.807, 2.05) is 6.20 Å². The number of piperidine rings is 1. The molecule has 1 aromatic rings. The molecule has 0 aromatic carbocycles. The molecule has 1 atom stereocenters. The molecule has 0 aliphatic carbocycles. The predicted molar refractivity (Wildman–Crippen MR) is 83.0 cm³/mol. The Kier molecular flexibility index (Phi) is 4.54.